The third-order valence-electron chi connectivity index (χ3n) is 6.90. The zero-order valence-corrected chi connectivity index (χ0v) is 21.3. The van der Waals surface area contributed by atoms with E-state index < -0.39 is 36.0 Å². The van der Waals surface area contributed by atoms with Crippen LogP contribution < -0.4 is 9.80 Å². The highest BCUT2D eigenvalue weighted by Crippen LogP contribution is 2.42. The maximum Gasteiger partial charge on any atom is 0.451 e. The molecule has 5 heterocycles. The van der Waals surface area contributed by atoms with Crippen molar-refractivity contribution in [1.29, 1.82) is 0 Å². The Morgan fingerprint density at radius 3 is 2.23 bits per heavy atom. The summed E-state index contributed by atoms with van der Waals surface area (Å²) in [5, 5.41) is 1.31. The van der Waals surface area contributed by atoms with E-state index in [1.807, 2.05) is 4.90 Å². The lowest BCUT2D eigenvalue weighted by Gasteiger charge is -2.36. The van der Waals surface area contributed by atoms with Crippen LogP contribution in [0.4, 0.5) is 38.1 Å². The molecule has 3 aromatic heterocycles. The maximum absolute atomic E-state index is 13.6. The van der Waals surface area contributed by atoms with Gasteiger partial charge in [-0.3, -0.25) is 0 Å². The van der Waals surface area contributed by atoms with Crippen molar-refractivity contribution in [3.05, 3.63) is 70.0 Å². The normalized spacial score (nSPS) is 18.3. The fraction of sp³-hybridized carbons (Fsp3) is 0.360. The minimum absolute atomic E-state index is 0.0287. The molecule has 1 fully saturated rings. The second-order valence-electron chi connectivity index (χ2n) is 9.38. The number of alkyl halides is 6. The average Bonchev–Trinajstić information content (AvgIpc) is 3.30. The van der Waals surface area contributed by atoms with E-state index in [1.165, 1.54) is 4.90 Å². The van der Waals surface area contributed by atoms with Gasteiger partial charge >= 0.3 is 12.4 Å². The smallest absolute Gasteiger partial charge is 0.378 e. The molecule has 0 radical (unpaired) electrons. The van der Waals surface area contributed by atoms with Gasteiger partial charge in [-0.2, -0.15) is 36.3 Å². The van der Waals surface area contributed by atoms with E-state index in [9.17, 15) is 26.3 Å². The zero-order chi connectivity index (χ0) is 28.2. The van der Waals surface area contributed by atoms with E-state index in [0.717, 1.165) is 16.5 Å². The van der Waals surface area contributed by atoms with Crippen molar-refractivity contribution >= 4 is 34.3 Å². The van der Waals surface area contributed by atoms with Crippen LogP contribution in [0.3, 0.4) is 0 Å². The second-order valence-corrected chi connectivity index (χ2v) is 9.82. The number of benzene rings is 1. The number of halogens is 7. The number of anilines is 2. The van der Waals surface area contributed by atoms with Crippen molar-refractivity contribution in [2.45, 2.75) is 24.8 Å². The van der Waals surface area contributed by atoms with E-state index in [4.69, 9.17) is 16.3 Å². The molecule has 4 aromatic rings. The summed E-state index contributed by atoms with van der Waals surface area (Å²) in [6.45, 7) is 2.40. The largest absolute Gasteiger partial charge is 0.451 e. The Balaban J connectivity index is 1.50. The Kier molecular flexibility index (Phi) is 6.49. The number of hydrogen-bond acceptors (Lipinski definition) is 7. The molecule has 15 heteroatoms. The summed E-state index contributed by atoms with van der Waals surface area (Å²) >= 11 is 6.22. The van der Waals surface area contributed by atoms with E-state index in [-0.39, 0.29) is 6.54 Å². The minimum Gasteiger partial charge on any atom is -0.378 e. The van der Waals surface area contributed by atoms with Crippen molar-refractivity contribution in [1.82, 2.24) is 24.9 Å². The summed E-state index contributed by atoms with van der Waals surface area (Å²) in [5.41, 5.74) is 2.67. The third kappa shape index (κ3) is 4.89. The van der Waals surface area contributed by atoms with Crippen molar-refractivity contribution in [3.8, 4) is 0 Å². The SMILES string of the molecule is FC(F)(F)c1nc(N2CCc3c([nH]c4ccc(Cl)cc34)C2c2ccc(N3CCOCC3)nc2)nc(C(F)(F)F)n1. The third-order valence-corrected chi connectivity index (χ3v) is 7.13. The van der Waals surface area contributed by atoms with E-state index in [2.05, 4.69) is 24.9 Å². The Morgan fingerprint density at radius 1 is 0.900 bits per heavy atom. The number of H-pyrrole nitrogens is 1. The molecule has 0 amide bonds. The average molecular weight is 584 g/mol. The number of ether oxygens (including phenoxy) is 1. The second kappa shape index (κ2) is 9.77. The summed E-state index contributed by atoms with van der Waals surface area (Å²) < 4.78 is 86.9. The lowest BCUT2D eigenvalue weighted by Crippen LogP contribution is -2.39. The first-order valence-electron chi connectivity index (χ1n) is 12.2. The van der Waals surface area contributed by atoms with Gasteiger partial charge in [0.2, 0.25) is 17.6 Å². The number of nitrogens with zero attached hydrogens (tertiary/aromatic N) is 6. The number of aromatic amines is 1. The number of aromatic nitrogens is 5. The summed E-state index contributed by atoms with van der Waals surface area (Å²) in [4.78, 5) is 20.8. The van der Waals surface area contributed by atoms with Gasteiger partial charge in [0, 0.05) is 47.5 Å². The zero-order valence-electron chi connectivity index (χ0n) is 20.5. The Labute approximate surface area is 228 Å². The molecule has 2 aliphatic heterocycles. The van der Waals surface area contributed by atoms with Gasteiger partial charge in [0.25, 0.3) is 0 Å². The molecular formula is C25H20ClF6N7O. The van der Waals surface area contributed by atoms with Gasteiger partial charge in [-0.15, -0.1) is 0 Å². The van der Waals surface area contributed by atoms with E-state index in [0.29, 0.717) is 54.8 Å². The van der Waals surface area contributed by atoms with Gasteiger partial charge < -0.3 is 19.5 Å². The van der Waals surface area contributed by atoms with Crippen LogP contribution in [-0.4, -0.2) is 57.8 Å². The number of hydrogen-bond donors (Lipinski definition) is 1. The Hall–Kier alpha value is -3.65. The molecule has 2 aliphatic rings. The molecule has 1 saturated heterocycles. The Bertz CT molecular complexity index is 1520. The molecule has 0 aliphatic carbocycles. The van der Waals surface area contributed by atoms with Crippen LogP contribution in [0.5, 0.6) is 0 Å². The van der Waals surface area contributed by atoms with Gasteiger partial charge in [-0.1, -0.05) is 17.7 Å². The van der Waals surface area contributed by atoms with Crippen LogP contribution in [0.1, 0.15) is 34.5 Å². The number of fused-ring (bicyclic) bond motifs is 3. The van der Waals surface area contributed by atoms with Gasteiger partial charge in [0.05, 0.1) is 19.3 Å². The van der Waals surface area contributed by atoms with Crippen molar-refractivity contribution in [3.63, 3.8) is 0 Å². The highest BCUT2D eigenvalue weighted by molar-refractivity contribution is 6.31. The van der Waals surface area contributed by atoms with Crippen LogP contribution in [0, 0.1) is 0 Å². The van der Waals surface area contributed by atoms with Gasteiger partial charge in [-0.05, 0) is 41.8 Å². The van der Waals surface area contributed by atoms with Crippen LogP contribution in [0.25, 0.3) is 10.9 Å². The van der Waals surface area contributed by atoms with Crippen LogP contribution in [0.2, 0.25) is 5.02 Å². The van der Waals surface area contributed by atoms with Crippen molar-refractivity contribution in [2.24, 2.45) is 0 Å². The molecule has 1 unspecified atom stereocenters. The number of morpholine rings is 1. The number of pyridine rings is 1. The lowest BCUT2D eigenvalue weighted by atomic mass is 9.93. The molecule has 0 bridgehead atoms. The van der Waals surface area contributed by atoms with Gasteiger partial charge in [0.15, 0.2) is 0 Å². The monoisotopic (exact) mass is 583 g/mol. The van der Waals surface area contributed by atoms with Crippen LogP contribution >= 0.6 is 11.6 Å². The summed E-state index contributed by atoms with van der Waals surface area (Å²) in [5.74, 6) is -3.90. The van der Waals surface area contributed by atoms with E-state index in [1.54, 1.807) is 36.5 Å². The summed E-state index contributed by atoms with van der Waals surface area (Å²) in [6, 6.07) is 7.87. The summed E-state index contributed by atoms with van der Waals surface area (Å²) in [7, 11) is 0. The van der Waals surface area contributed by atoms with Crippen molar-refractivity contribution in [2.75, 3.05) is 42.6 Å². The summed E-state index contributed by atoms with van der Waals surface area (Å²) in [6.07, 6.45) is -8.58. The molecule has 0 saturated carbocycles. The molecule has 1 N–H and O–H groups in total. The molecule has 1 atom stereocenters. The van der Waals surface area contributed by atoms with Crippen LogP contribution in [-0.2, 0) is 23.5 Å². The fourth-order valence-electron chi connectivity index (χ4n) is 5.11. The molecule has 1 aromatic carbocycles. The molecule has 0 spiro atoms. The lowest BCUT2D eigenvalue weighted by molar-refractivity contribution is -0.155. The minimum atomic E-state index is -5.21. The molecule has 6 rings (SSSR count). The Morgan fingerprint density at radius 2 is 1.60 bits per heavy atom. The fourth-order valence-corrected chi connectivity index (χ4v) is 5.28. The number of rotatable bonds is 3. The van der Waals surface area contributed by atoms with Gasteiger partial charge in [-0.25, -0.2) is 9.97 Å². The first-order valence-corrected chi connectivity index (χ1v) is 12.6. The maximum atomic E-state index is 13.6. The molecule has 40 heavy (non-hydrogen) atoms. The highest BCUT2D eigenvalue weighted by Gasteiger charge is 2.43. The van der Waals surface area contributed by atoms with Crippen LogP contribution in [0.15, 0.2) is 36.5 Å². The van der Waals surface area contributed by atoms with Gasteiger partial charge in [0.1, 0.15) is 5.82 Å². The quantitative estimate of drug-likeness (QED) is 0.322. The highest BCUT2D eigenvalue weighted by atomic mass is 35.5. The predicted octanol–water partition coefficient (Wildman–Crippen LogP) is 5.43. The predicted molar refractivity (Wildman–Crippen MR) is 133 cm³/mol. The number of nitrogens with one attached hydrogen (secondary N) is 1. The first kappa shape index (κ1) is 26.6. The molecule has 210 valence electrons. The standard InChI is InChI=1S/C25H20ClF6N7O/c26-14-2-3-17-16(11-14)15-5-6-39(23-36-21(24(27,28)29)35-22(37-23)25(30,31)32)20(19(15)34-17)13-1-4-18(33-12-13)38-7-9-40-10-8-38/h1-4,11-12,20,34H,5-10H2. The van der Waals surface area contributed by atoms with Crippen molar-refractivity contribution < 1.29 is 31.1 Å². The molecular weight excluding hydrogens is 564 g/mol. The topological polar surface area (TPSA) is 83.1 Å². The van der Waals surface area contributed by atoms with E-state index >= 15 is 0 Å². The first-order chi connectivity index (χ1) is 19.0. The molecule has 8 nitrogen and oxygen atoms in total.